The number of anilines is 1. The fraction of sp³-hybridized carbons (Fsp3) is 0.409. The molecule has 0 aliphatic carbocycles. The lowest BCUT2D eigenvalue weighted by Gasteiger charge is -2.35. The third-order valence-corrected chi connectivity index (χ3v) is 6.41. The minimum Gasteiger partial charge on any atom is -0.497 e. The predicted octanol–water partition coefficient (Wildman–Crippen LogP) is 3.78. The maximum absolute atomic E-state index is 13.1. The monoisotopic (exact) mass is 466 g/mol. The Hall–Kier alpha value is -2.45. The molecule has 2 aromatic carbocycles. The summed E-state index contributed by atoms with van der Waals surface area (Å²) in [7, 11) is -2.03. The van der Waals surface area contributed by atoms with E-state index < -0.39 is 16.1 Å². The number of carbonyl (C=O) groups is 1. The van der Waals surface area contributed by atoms with Crippen LogP contribution in [-0.4, -0.2) is 40.3 Å². The Labute approximate surface area is 188 Å². The van der Waals surface area contributed by atoms with Gasteiger partial charge in [-0.15, -0.1) is 0 Å². The summed E-state index contributed by atoms with van der Waals surface area (Å²) in [6.07, 6.45) is 0.820. The van der Waals surface area contributed by atoms with Crippen molar-refractivity contribution in [2.24, 2.45) is 5.92 Å². The molecule has 2 atom stereocenters. The Bertz CT molecular complexity index is 1040. The molecule has 0 bridgehead atoms. The molecule has 0 saturated carbocycles. The summed E-state index contributed by atoms with van der Waals surface area (Å²) in [5.74, 6) is 0.977. The second-order valence-corrected chi connectivity index (χ2v) is 10.3. The third-order valence-electron chi connectivity index (χ3n) is 5.03. The average molecular weight is 467 g/mol. The van der Waals surface area contributed by atoms with Crippen molar-refractivity contribution in [3.63, 3.8) is 0 Å². The van der Waals surface area contributed by atoms with Gasteiger partial charge in [-0.1, -0.05) is 37.6 Å². The van der Waals surface area contributed by atoms with Crippen molar-refractivity contribution in [1.29, 1.82) is 0 Å². The first-order valence-electron chi connectivity index (χ1n) is 9.96. The van der Waals surface area contributed by atoms with Gasteiger partial charge < -0.3 is 14.8 Å². The fourth-order valence-electron chi connectivity index (χ4n) is 3.53. The van der Waals surface area contributed by atoms with Gasteiger partial charge in [-0.25, -0.2) is 8.42 Å². The van der Waals surface area contributed by atoms with Crippen LogP contribution in [0.5, 0.6) is 11.5 Å². The van der Waals surface area contributed by atoms with Gasteiger partial charge in [0.15, 0.2) is 6.10 Å². The smallest absolute Gasteiger partial charge is 0.263 e. The highest BCUT2D eigenvalue weighted by Gasteiger charge is 2.36. The zero-order valence-electron chi connectivity index (χ0n) is 18.0. The van der Waals surface area contributed by atoms with E-state index in [2.05, 4.69) is 19.2 Å². The van der Waals surface area contributed by atoms with Crippen LogP contribution in [-0.2, 0) is 14.8 Å². The van der Waals surface area contributed by atoms with Crippen molar-refractivity contribution < 1.29 is 22.7 Å². The third kappa shape index (κ3) is 5.62. The molecule has 1 aliphatic heterocycles. The maximum atomic E-state index is 13.1. The van der Waals surface area contributed by atoms with Gasteiger partial charge in [0.05, 0.1) is 31.6 Å². The molecule has 0 saturated heterocycles. The number of sulfonamides is 1. The normalized spacial score (nSPS) is 17.0. The van der Waals surface area contributed by atoms with Crippen LogP contribution < -0.4 is 19.1 Å². The van der Waals surface area contributed by atoms with E-state index in [1.54, 1.807) is 19.2 Å². The summed E-state index contributed by atoms with van der Waals surface area (Å²) < 4.78 is 37.0. The molecule has 3 rings (SSSR count). The maximum Gasteiger partial charge on any atom is 0.263 e. The molecule has 0 unspecified atom stereocenters. The molecule has 1 heterocycles. The Balaban J connectivity index is 1.85. The van der Waals surface area contributed by atoms with Crippen LogP contribution in [0.25, 0.3) is 0 Å². The summed E-state index contributed by atoms with van der Waals surface area (Å²) in [4.78, 5) is 13.1. The number of carbonyl (C=O) groups excluding carboxylic acids is 1. The van der Waals surface area contributed by atoms with E-state index in [-0.39, 0.29) is 18.5 Å². The molecule has 0 spiro atoms. The van der Waals surface area contributed by atoms with E-state index in [0.29, 0.717) is 28.8 Å². The number of ether oxygens (including phenoxy) is 2. The van der Waals surface area contributed by atoms with Gasteiger partial charge in [-0.3, -0.25) is 9.10 Å². The molecule has 1 N–H and O–H groups in total. The van der Waals surface area contributed by atoms with Gasteiger partial charge >= 0.3 is 0 Å². The van der Waals surface area contributed by atoms with Gasteiger partial charge in [0.2, 0.25) is 10.0 Å². The van der Waals surface area contributed by atoms with Crippen LogP contribution in [0.3, 0.4) is 0 Å². The number of hydrogen-bond donors (Lipinski definition) is 1. The number of hydrogen-bond acceptors (Lipinski definition) is 5. The summed E-state index contributed by atoms with van der Waals surface area (Å²) in [5.41, 5.74) is 1.26. The second-order valence-electron chi connectivity index (χ2n) is 7.98. The van der Waals surface area contributed by atoms with E-state index in [1.165, 1.54) is 6.07 Å². The van der Waals surface area contributed by atoms with Crippen LogP contribution in [0.4, 0.5) is 5.69 Å². The Kier molecular flexibility index (Phi) is 7.01. The fourth-order valence-corrected chi connectivity index (χ4v) is 4.60. The first-order valence-corrected chi connectivity index (χ1v) is 12.2. The number of methoxy groups -OCH3 is 1. The number of nitrogens with one attached hydrogen (secondary N) is 1. The summed E-state index contributed by atoms with van der Waals surface area (Å²) in [6, 6.07) is 12.0. The minimum atomic E-state index is -3.63. The van der Waals surface area contributed by atoms with E-state index >= 15 is 0 Å². The van der Waals surface area contributed by atoms with Gasteiger partial charge in [0.1, 0.15) is 11.5 Å². The van der Waals surface area contributed by atoms with Gasteiger partial charge in [0.25, 0.3) is 5.91 Å². The summed E-state index contributed by atoms with van der Waals surface area (Å²) >= 11 is 6.03. The molecule has 0 aromatic heterocycles. The second kappa shape index (κ2) is 9.36. The lowest BCUT2D eigenvalue weighted by atomic mass is 9.96. The topological polar surface area (TPSA) is 84.9 Å². The van der Waals surface area contributed by atoms with Gasteiger partial charge in [-0.2, -0.15) is 0 Å². The van der Waals surface area contributed by atoms with Crippen molar-refractivity contribution in [1.82, 2.24) is 5.32 Å². The molecule has 9 heteroatoms. The molecule has 1 amide bonds. The van der Waals surface area contributed by atoms with E-state index in [9.17, 15) is 13.2 Å². The van der Waals surface area contributed by atoms with Crippen LogP contribution >= 0.6 is 11.6 Å². The zero-order chi connectivity index (χ0) is 22.8. The predicted molar refractivity (Wildman–Crippen MR) is 121 cm³/mol. The van der Waals surface area contributed by atoms with Crippen LogP contribution in [0.1, 0.15) is 31.9 Å². The van der Waals surface area contributed by atoms with E-state index in [0.717, 1.165) is 21.9 Å². The highest BCUT2D eigenvalue weighted by Crippen LogP contribution is 2.37. The van der Waals surface area contributed by atoms with Crippen molar-refractivity contribution >= 4 is 33.2 Å². The molecule has 7 nitrogen and oxygen atoms in total. The number of halogens is 1. The summed E-state index contributed by atoms with van der Waals surface area (Å²) in [6.45, 7) is 4.02. The molecule has 0 radical (unpaired) electrons. The van der Waals surface area contributed by atoms with Crippen LogP contribution in [0.15, 0.2) is 42.5 Å². The lowest BCUT2D eigenvalue weighted by Crippen LogP contribution is -2.51. The molecule has 0 fully saturated rings. The Morgan fingerprint density at radius 1 is 1.26 bits per heavy atom. The molecular formula is C22H27ClN2O5S. The first-order chi connectivity index (χ1) is 14.6. The number of rotatable bonds is 7. The minimum absolute atomic E-state index is 0.130. The van der Waals surface area contributed by atoms with Gasteiger partial charge in [0, 0.05) is 5.02 Å². The molecule has 1 aliphatic rings. The average Bonchev–Trinajstić information content (AvgIpc) is 2.71. The molecule has 31 heavy (non-hydrogen) atoms. The van der Waals surface area contributed by atoms with Crippen LogP contribution in [0.2, 0.25) is 5.02 Å². The Morgan fingerprint density at radius 2 is 1.94 bits per heavy atom. The van der Waals surface area contributed by atoms with Crippen molar-refractivity contribution in [2.75, 3.05) is 24.2 Å². The largest absolute Gasteiger partial charge is 0.497 e. The SMILES string of the molecule is COc1ccc([C@H](CC(C)C)NC(=O)[C@@H]2CN(S(C)(=O)=O)c3cc(Cl)ccc3O2)cc1. The molecule has 168 valence electrons. The number of amides is 1. The van der Waals surface area contributed by atoms with Crippen molar-refractivity contribution in [3.8, 4) is 11.5 Å². The van der Waals surface area contributed by atoms with Crippen molar-refractivity contribution in [3.05, 3.63) is 53.1 Å². The van der Waals surface area contributed by atoms with Gasteiger partial charge in [-0.05, 0) is 48.2 Å². The highest BCUT2D eigenvalue weighted by atomic mass is 35.5. The summed E-state index contributed by atoms with van der Waals surface area (Å²) in [5, 5.41) is 3.42. The quantitative estimate of drug-likeness (QED) is 0.671. The Morgan fingerprint density at radius 3 is 2.52 bits per heavy atom. The number of benzene rings is 2. The van der Waals surface area contributed by atoms with Crippen molar-refractivity contribution in [2.45, 2.75) is 32.4 Å². The van der Waals surface area contributed by atoms with E-state index in [4.69, 9.17) is 21.1 Å². The molecular weight excluding hydrogens is 440 g/mol. The number of nitrogens with zero attached hydrogens (tertiary/aromatic N) is 1. The first kappa shape index (κ1) is 23.2. The van der Waals surface area contributed by atoms with E-state index in [1.807, 2.05) is 24.3 Å². The molecule has 2 aromatic rings. The number of fused-ring (bicyclic) bond motifs is 1. The highest BCUT2D eigenvalue weighted by molar-refractivity contribution is 7.92. The zero-order valence-corrected chi connectivity index (χ0v) is 19.5. The standard InChI is InChI=1S/C22H27ClN2O5S/c1-14(2)11-18(15-5-8-17(29-3)9-6-15)24-22(26)21-13-25(31(4,27)28)19-12-16(23)7-10-20(19)30-21/h5-10,12,14,18,21H,11,13H2,1-4H3,(H,24,26)/t18-,21-/m0/s1. The van der Waals surface area contributed by atoms with Crippen LogP contribution in [0, 0.1) is 5.92 Å². The lowest BCUT2D eigenvalue weighted by molar-refractivity contribution is -0.128.